The van der Waals surface area contributed by atoms with Gasteiger partial charge in [0.15, 0.2) is 0 Å². The van der Waals surface area contributed by atoms with Crippen LogP contribution in [0.2, 0.25) is 5.02 Å². The third-order valence-electron chi connectivity index (χ3n) is 2.73. The van der Waals surface area contributed by atoms with Gasteiger partial charge in [-0.25, -0.2) is 0 Å². The first-order valence-corrected chi connectivity index (χ1v) is 5.24. The van der Waals surface area contributed by atoms with Gasteiger partial charge in [-0.2, -0.15) is 0 Å². The summed E-state index contributed by atoms with van der Waals surface area (Å²) in [6.45, 7) is 3.66. The molecule has 14 heavy (non-hydrogen) atoms. The fourth-order valence-corrected chi connectivity index (χ4v) is 2.11. The van der Waals surface area contributed by atoms with Gasteiger partial charge in [-0.05, 0) is 29.2 Å². The van der Waals surface area contributed by atoms with Gasteiger partial charge in [-0.3, -0.25) is 0 Å². The first-order chi connectivity index (χ1) is 6.68. The molecule has 1 heterocycles. The van der Waals surface area contributed by atoms with E-state index >= 15 is 0 Å². The van der Waals surface area contributed by atoms with Crippen molar-refractivity contribution in [2.75, 3.05) is 13.1 Å². The average Bonchev–Trinajstić information content (AvgIpc) is 2.28. The molecule has 0 aromatic heterocycles. The number of β-amino-alcohol motifs (C(OH)–C–C–N with tert-alkyl or cyclic N) is 1. The summed E-state index contributed by atoms with van der Waals surface area (Å²) in [5.74, 6) is 0.404. The monoisotopic (exact) mass is 211 g/mol. The van der Waals surface area contributed by atoms with Gasteiger partial charge < -0.3 is 10.4 Å². The molecule has 76 valence electrons. The van der Waals surface area contributed by atoms with Crippen LogP contribution in [0.25, 0.3) is 0 Å². The Bertz CT molecular complexity index is 340. The van der Waals surface area contributed by atoms with E-state index in [1.165, 1.54) is 0 Å². The maximum atomic E-state index is 9.84. The maximum Gasteiger partial charge on any atom is 0.0917 e. The van der Waals surface area contributed by atoms with Gasteiger partial charge >= 0.3 is 0 Å². The first-order valence-electron chi connectivity index (χ1n) is 4.86. The zero-order chi connectivity index (χ0) is 10.1. The van der Waals surface area contributed by atoms with E-state index in [0.717, 1.165) is 22.7 Å². The highest BCUT2D eigenvalue weighted by molar-refractivity contribution is 6.30. The summed E-state index contributed by atoms with van der Waals surface area (Å²) in [6.07, 6.45) is -0.410. The van der Waals surface area contributed by atoms with Gasteiger partial charge in [-0.1, -0.05) is 24.6 Å². The van der Waals surface area contributed by atoms with E-state index in [1.54, 1.807) is 0 Å². The zero-order valence-electron chi connectivity index (χ0n) is 8.13. The molecule has 1 aromatic carbocycles. The van der Waals surface area contributed by atoms with Crippen LogP contribution in [0, 0.1) is 0 Å². The van der Waals surface area contributed by atoms with Crippen molar-refractivity contribution in [2.24, 2.45) is 0 Å². The number of rotatable bonds is 0. The first kappa shape index (κ1) is 9.97. The number of fused-ring (bicyclic) bond motifs is 1. The van der Waals surface area contributed by atoms with Crippen LogP contribution in [0.3, 0.4) is 0 Å². The number of hydrogen-bond acceptors (Lipinski definition) is 2. The molecule has 0 saturated carbocycles. The van der Waals surface area contributed by atoms with Crippen molar-refractivity contribution >= 4 is 11.6 Å². The van der Waals surface area contributed by atoms with Crippen LogP contribution in [0.5, 0.6) is 0 Å². The minimum atomic E-state index is -0.410. The zero-order valence-corrected chi connectivity index (χ0v) is 8.88. The van der Waals surface area contributed by atoms with Crippen LogP contribution in [-0.4, -0.2) is 18.2 Å². The van der Waals surface area contributed by atoms with Gasteiger partial charge in [0, 0.05) is 18.1 Å². The summed E-state index contributed by atoms with van der Waals surface area (Å²) in [4.78, 5) is 0. The molecule has 0 aliphatic carbocycles. The van der Waals surface area contributed by atoms with E-state index in [-0.39, 0.29) is 0 Å². The van der Waals surface area contributed by atoms with E-state index in [4.69, 9.17) is 11.6 Å². The molecule has 2 rings (SSSR count). The molecule has 2 atom stereocenters. The predicted molar refractivity (Wildman–Crippen MR) is 57.7 cm³/mol. The molecule has 1 aliphatic heterocycles. The Kier molecular flexibility index (Phi) is 2.77. The van der Waals surface area contributed by atoms with Gasteiger partial charge in [-0.15, -0.1) is 0 Å². The van der Waals surface area contributed by atoms with Crippen molar-refractivity contribution in [3.63, 3.8) is 0 Å². The SMILES string of the molecule is CC1CNCC(O)c2ccc(Cl)cc21. The Balaban J connectivity index is 2.48. The Morgan fingerprint density at radius 1 is 1.36 bits per heavy atom. The molecule has 1 aliphatic rings. The molecule has 0 bridgehead atoms. The third kappa shape index (κ3) is 1.78. The van der Waals surface area contributed by atoms with E-state index in [9.17, 15) is 5.11 Å². The van der Waals surface area contributed by atoms with Crippen molar-refractivity contribution in [3.05, 3.63) is 34.3 Å². The smallest absolute Gasteiger partial charge is 0.0917 e. The van der Waals surface area contributed by atoms with Gasteiger partial charge in [0.05, 0.1) is 6.10 Å². The summed E-state index contributed by atoms with van der Waals surface area (Å²) < 4.78 is 0. The van der Waals surface area contributed by atoms with Crippen molar-refractivity contribution in [1.29, 1.82) is 0 Å². The minimum Gasteiger partial charge on any atom is -0.387 e. The normalized spacial score (nSPS) is 26.8. The van der Waals surface area contributed by atoms with E-state index in [0.29, 0.717) is 12.5 Å². The second-order valence-corrected chi connectivity index (χ2v) is 4.28. The molecule has 3 heteroatoms. The van der Waals surface area contributed by atoms with Gasteiger partial charge in [0.1, 0.15) is 0 Å². The molecule has 0 saturated heterocycles. The lowest BCUT2D eigenvalue weighted by molar-refractivity contribution is 0.178. The summed E-state index contributed by atoms with van der Waals surface area (Å²) in [5.41, 5.74) is 2.17. The standard InChI is InChI=1S/C11H14ClNO/c1-7-5-13-6-11(14)9-3-2-8(12)4-10(7)9/h2-4,7,11,13-14H,5-6H2,1H3. The topological polar surface area (TPSA) is 32.3 Å². The van der Waals surface area contributed by atoms with Crippen molar-refractivity contribution in [3.8, 4) is 0 Å². The molecule has 2 N–H and O–H groups in total. The summed E-state index contributed by atoms with van der Waals surface area (Å²) in [6, 6.07) is 5.71. The van der Waals surface area contributed by atoms with Crippen LogP contribution in [0.1, 0.15) is 30.1 Å². The van der Waals surface area contributed by atoms with E-state index in [1.807, 2.05) is 18.2 Å². The van der Waals surface area contributed by atoms with Crippen LogP contribution in [0.15, 0.2) is 18.2 Å². The fourth-order valence-electron chi connectivity index (χ4n) is 1.93. The second kappa shape index (κ2) is 3.89. The van der Waals surface area contributed by atoms with Crippen molar-refractivity contribution in [2.45, 2.75) is 18.9 Å². The van der Waals surface area contributed by atoms with Gasteiger partial charge in [0.2, 0.25) is 0 Å². The lowest BCUT2D eigenvalue weighted by Crippen LogP contribution is -2.21. The Morgan fingerprint density at radius 3 is 2.93 bits per heavy atom. The van der Waals surface area contributed by atoms with Crippen LogP contribution >= 0.6 is 11.6 Å². The Hall–Kier alpha value is -0.570. The number of halogens is 1. The molecular formula is C11H14ClNO. The molecular weight excluding hydrogens is 198 g/mol. The summed E-state index contributed by atoms with van der Waals surface area (Å²) in [7, 11) is 0. The maximum absolute atomic E-state index is 9.84. The second-order valence-electron chi connectivity index (χ2n) is 3.85. The molecule has 0 spiro atoms. The molecule has 2 nitrogen and oxygen atoms in total. The lowest BCUT2D eigenvalue weighted by Gasteiger charge is -2.14. The van der Waals surface area contributed by atoms with Crippen LogP contribution in [-0.2, 0) is 0 Å². The third-order valence-corrected chi connectivity index (χ3v) is 2.96. The molecule has 2 unspecified atom stereocenters. The number of benzene rings is 1. The minimum absolute atomic E-state index is 0.404. The van der Waals surface area contributed by atoms with Gasteiger partial charge in [0.25, 0.3) is 0 Å². The average molecular weight is 212 g/mol. The number of aliphatic hydroxyl groups is 1. The molecule has 0 fully saturated rings. The Labute approximate surface area is 88.9 Å². The predicted octanol–water partition coefficient (Wildman–Crippen LogP) is 2.08. The largest absolute Gasteiger partial charge is 0.387 e. The Morgan fingerprint density at radius 2 is 2.14 bits per heavy atom. The fraction of sp³-hybridized carbons (Fsp3) is 0.455. The van der Waals surface area contributed by atoms with E-state index in [2.05, 4.69) is 12.2 Å². The van der Waals surface area contributed by atoms with Crippen molar-refractivity contribution < 1.29 is 5.11 Å². The van der Waals surface area contributed by atoms with Crippen LogP contribution < -0.4 is 5.32 Å². The quantitative estimate of drug-likeness (QED) is 0.689. The van der Waals surface area contributed by atoms with Crippen molar-refractivity contribution in [1.82, 2.24) is 5.32 Å². The lowest BCUT2D eigenvalue weighted by atomic mass is 9.94. The molecule has 0 radical (unpaired) electrons. The van der Waals surface area contributed by atoms with Crippen LogP contribution in [0.4, 0.5) is 0 Å². The molecule has 1 aromatic rings. The summed E-state index contributed by atoms with van der Waals surface area (Å²) >= 11 is 5.94. The molecule has 0 amide bonds. The highest BCUT2D eigenvalue weighted by Crippen LogP contribution is 2.29. The number of aliphatic hydroxyl groups excluding tert-OH is 1. The number of hydrogen-bond donors (Lipinski definition) is 2. The highest BCUT2D eigenvalue weighted by atomic mass is 35.5. The number of nitrogens with one attached hydrogen (secondary N) is 1. The highest BCUT2D eigenvalue weighted by Gasteiger charge is 2.20. The summed E-state index contributed by atoms with van der Waals surface area (Å²) in [5, 5.41) is 13.8. The van der Waals surface area contributed by atoms with E-state index < -0.39 is 6.10 Å².